The molecule has 3 nitrogen and oxygen atoms in total. The van der Waals surface area contributed by atoms with Crippen LogP contribution in [0.4, 0.5) is 0 Å². The molecule has 1 aliphatic rings. The minimum atomic E-state index is -0.683. The van der Waals surface area contributed by atoms with Gasteiger partial charge in [0.05, 0.1) is 12.5 Å². The van der Waals surface area contributed by atoms with Crippen LogP contribution in [-0.4, -0.2) is 18.2 Å². The number of allylic oxidation sites excluding steroid dienone is 2. The molecule has 1 atom stereocenters. The number of carbonyl (C=O) groups excluding carboxylic acids is 2. The summed E-state index contributed by atoms with van der Waals surface area (Å²) in [5.41, 5.74) is 1.61. The van der Waals surface area contributed by atoms with Crippen molar-refractivity contribution in [3.8, 4) is 0 Å². The molecular formula is C16H18O3. The van der Waals surface area contributed by atoms with Crippen LogP contribution in [0.3, 0.4) is 0 Å². The first-order valence-corrected chi connectivity index (χ1v) is 6.63. The second-order valence-electron chi connectivity index (χ2n) is 4.68. The van der Waals surface area contributed by atoms with Crippen molar-refractivity contribution in [2.45, 2.75) is 26.7 Å². The Morgan fingerprint density at radius 1 is 1.21 bits per heavy atom. The third-order valence-electron chi connectivity index (χ3n) is 3.18. The Labute approximate surface area is 113 Å². The van der Waals surface area contributed by atoms with Crippen molar-refractivity contribution in [1.29, 1.82) is 0 Å². The average Bonchev–Trinajstić information content (AvgIpc) is 3.28. The fraction of sp³-hybridized carbons (Fsp3) is 0.375. The summed E-state index contributed by atoms with van der Waals surface area (Å²) in [7, 11) is 0. The fourth-order valence-corrected chi connectivity index (χ4v) is 1.95. The summed E-state index contributed by atoms with van der Waals surface area (Å²) in [6.07, 6.45) is 1.82. The number of hydrogen-bond donors (Lipinski definition) is 0. The van der Waals surface area contributed by atoms with Crippen molar-refractivity contribution in [3.05, 3.63) is 47.2 Å². The van der Waals surface area contributed by atoms with Crippen LogP contribution in [0.25, 0.3) is 0 Å². The van der Waals surface area contributed by atoms with Gasteiger partial charge in [0.15, 0.2) is 11.5 Å². The Morgan fingerprint density at radius 2 is 1.84 bits per heavy atom. The molecule has 0 radical (unpaired) electrons. The molecule has 1 unspecified atom stereocenters. The Balaban J connectivity index is 2.15. The first-order chi connectivity index (χ1) is 9.15. The molecule has 1 aromatic rings. The predicted molar refractivity (Wildman–Crippen MR) is 72.8 cm³/mol. The molecule has 1 fully saturated rings. The van der Waals surface area contributed by atoms with Crippen molar-refractivity contribution < 1.29 is 14.3 Å². The van der Waals surface area contributed by atoms with Crippen LogP contribution >= 0.6 is 0 Å². The second kappa shape index (κ2) is 5.83. The molecular weight excluding hydrogens is 240 g/mol. The molecule has 0 aliphatic heterocycles. The third kappa shape index (κ3) is 3.11. The molecule has 2 rings (SSSR count). The van der Waals surface area contributed by atoms with Gasteiger partial charge in [-0.1, -0.05) is 30.3 Å². The zero-order valence-electron chi connectivity index (χ0n) is 11.3. The largest absolute Gasteiger partial charge is 0.490 e. The van der Waals surface area contributed by atoms with E-state index >= 15 is 0 Å². The van der Waals surface area contributed by atoms with Crippen LogP contribution in [0, 0.1) is 5.92 Å². The molecule has 1 aliphatic carbocycles. The van der Waals surface area contributed by atoms with Gasteiger partial charge in [-0.3, -0.25) is 9.59 Å². The van der Waals surface area contributed by atoms with E-state index in [0.717, 1.165) is 18.4 Å². The van der Waals surface area contributed by atoms with Crippen LogP contribution in [0.5, 0.6) is 0 Å². The zero-order valence-corrected chi connectivity index (χ0v) is 11.3. The topological polar surface area (TPSA) is 43.4 Å². The van der Waals surface area contributed by atoms with Gasteiger partial charge in [-0.2, -0.15) is 0 Å². The quantitative estimate of drug-likeness (QED) is 0.341. The number of hydrogen-bond acceptors (Lipinski definition) is 3. The molecule has 0 spiro atoms. The highest BCUT2D eigenvalue weighted by atomic mass is 16.5. The summed E-state index contributed by atoms with van der Waals surface area (Å²) in [6.45, 7) is 3.95. The predicted octanol–water partition coefficient (Wildman–Crippen LogP) is 3.16. The maximum absolute atomic E-state index is 12.3. The lowest BCUT2D eigenvalue weighted by Crippen LogP contribution is -2.24. The third-order valence-corrected chi connectivity index (χ3v) is 3.18. The SMILES string of the molecule is CCOC(C(=O)C(C)C(=O)c1ccccc1)=C1CC1. The van der Waals surface area contributed by atoms with Crippen molar-refractivity contribution in [2.75, 3.05) is 6.61 Å². The molecule has 100 valence electrons. The minimum Gasteiger partial charge on any atom is -0.490 e. The standard InChI is InChI=1S/C16H18O3/c1-3-19-16(13-9-10-13)15(18)11(2)14(17)12-7-5-4-6-8-12/h4-8,11H,3,9-10H2,1-2H3. The average molecular weight is 258 g/mol. The monoisotopic (exact) mass is 258 g/mol. The van der Waals surface area contributed by atoms with E-state index in [-0.39, 0.29) is 11.6 Å². The van der Waals surface area contributed by atoms with Crippen LogP contribution in [0.15, 0.2) is 41.7 Å². The lowest BCUT2D eigenvalue weighted by Gasteiger charge is -2.13. The molecule has 3 heteroatoms. The van der Waals surface area contributed by atoms with Crippen LogP contribution in [-0.2, 0) is 9.53 Å². The van der Waals surface area contributed by atoms with Gasteiger partial charge >= 0.3 is 0 Å². The normalized spacial score (nSPS) is 14.7. The lowest BCUT2D eigenvalue weighted by molar-refractivity contribution is -0.120. The van der Waals surface area contributed by atoms with Crippen molar-refractivity contribution in [1.82, 2.24) is 0 Å². The Morgan fingerprint density at radius 3 is 2.37 bits per heavy atom. The summed E-state index contributed by atoms with van der Waals surface area (Å²) in [4.78, 5) is 24.6. The summed E-state index contributed by atoms with van der Waals surface area (Å²) in [5.74, 6) is -0.608. The van der Waals surface area contributed by atoms with E-state index in [1.807, 2.05) is 13.0 Å². The molecule has 0 bridgehead atoms. The van der Waals surface area contributed by atoms with E-state index < -0.39 is 5.92 Å². The number of ether oxygens (including phenoxy) is 1. The second-order valence-corrected chi connectivity index (χ2v) is 4.68. The van der Waals surface area contributed by atoms with Crippen molar-refractivity contribution in [3.63, 3.8) is 0 Å². The van der Waals surface area contributed by atoms with Gasteiger partial charge in [-0.05, 0) is 32.3 Å². The van der Waals surface area contributed by atoms with Gasteiger partial charge in [0.25, 0.3) is 0 Å². The van der Waals surface area contributed by atoms with E-state index in [1.54, 1.807) is 31.2 Å². The van der Waals surface area contributed by atoms with Gasteiger partial charge < -0.3 is 4.74 Å². The first kappa shape index (κ1) is 13.5. The van der Waals surface area contributed by atoms with E-state index in [1.165, 1.54) is 0 Å². The molecule has 19 heavy (non-hydrogen) atoms. The van der Waals surface area contributed by atoms with Crippen molar-refractivity contribution >= 4 is 11.6 Å². The van der Waals surface area contributed by atoms with E-state index in [9.17, 15) is 9.59 Å². The van der Waals surface area contributed by atoms with Crippen LogP contribution in [0.2, 0.25) is 0 Å². The molecule has 0 aromatic heterocycles. The number of benzene rings is 1. The van der Waals surface area contributed by atoms with E-state index in [2.05, 4.69) is 0 Å². The molecule has 0 saturated heterocycles. The Hall–Kier alpha value is -1.90. The summed E-state index contributed by atoms with van der Waals surface area (Å²) >= 11 is 0. The molecule has 0 N–H and O–H groups in total. The van der Waals surface area contributed by atoms with Crippen molar-refractivity contribution in [2.24, 2.45) is 5.92 Å². The maximum Gasteiger partial charge on any atom is 0.207 e. The molecule has 0 heterocycles. The molecule has 1 aromatic carbocycles. The highest BCUT2D eigenvalue weighted by Gasteiger charge is 2.31. The van der Waals surface area contributed by atoms with Gasteiger partial charge in [-0.25, -0.2) is 0 Å². The summed E-state index contributed by atoms with van der Waals surface area (Å²) in [5, 5.41) is 0. The highest BCUT2D eigenvalue weighted by Crippen LogP contribution is 2.33. The maximum atomic E-state index is 12.3. The number of Topliss-reactive ketones (excluding diaryl/α,β-unsaturated/α-hetero) is 2. The van der Waals surface area contributed by atoms with E-state index in [0.29, 0.717) is 17.9 Å². The number of carbonyl (C=O) groups is 2. The van der Waals surface area contributed by atoms with Crippen LogP contribution < -0.4 is 0 Å². The van der Waals surface area contributed by atoms with Crippen LogP contribution in [0.1, 0.15) is 37.0 Å². The van der Waals surface area contributed by atoms with E-state index in [4.69, 9.17) is 4.74 Å². The zero-order chi connectivity index (χ0) is 13.8. The molecule has 1 saturated carbocycles. The van der Waals surface area contributed by atoms with Gasteiger partial charge in [0, 0.05) is 5.56 Å². The first-order valence-electron chi connectivity index (χ1n) is 6.63. The fourth-order valence-electron chi connectivity index (χ4n) is 1.95. The van der Waals surface area contributed by atoms with Gasteiger partial charge in [0.2, 0.25) is 5.78 Å². The van der Waals surface area contributed by atoms with Gasteiger partial charge in [-0.15, -0.1) is 0 Å². The Bertz CT molecular complexity index is 508. The number of rotatable bonds is 6. The summed E-state index contributed by atoms with van der Waals surface area (Å²) in [6, 6.07) is 8.91. The Kier molecular flexibility index (Phi) is 4.15. The van der Waals surface area contributed by atoms with Gasteiger partial charge in [0.1, 0.15) is 0 Å². The molecule has 0 amide bonds. The smallest absolute Gasteiger partial charge is 0.207 e. The number of ketones is 2. The minimum absolute atomic E-state index is 0.149. The lowest BCUT2D eigenvalue weighted by atomic mass is 9.94. The highest BCUT2D eigenvalue weighted by molar-refractivity contribution is 6.15. The summed E-state index contributed by atoms with van der Waals surface area (Å²) < 4.78 is 5.41.